The highest BCUT2D eigenvalue weighted by Crippen LogP contribution is 2.31. The van der Waals surface area contributed by atoms with Crippen LogP contribution in [0.1, 0.15) is 31.1 Å². The van der Waals surface area contributed by atoms with Gasteiger partial charge >= 0.3 is 6.18 Å². The SMILES string of the molecule is CC1(C)CNCC(c2ccc(C(F)(F)F)cc2)OC1. The molecule has 1 aliphatic rings. The van der Waals surface area contributed by atoms with Gasteiger partial charge in [0.15, 0.2) is 0 Å². The van der Waals surface area contributed by atoms with Crippen LogP contribution in [-0.2, 0) is 10.9 Å². The molecule has 19 heavy (non-hydrogen) atoms. The van der Waals surface area contributed by atoms with Crippen LogP contribution in [0.25, 0.3) is 0 Å². The quantitative estimate of drug-likeness (QED) is 0.847. The first kappa shape index (κ1) is 14.3. The molecular weight excluding hydrogens is 255 g/mol. The van der Waals surface area contributed by atoms with E-state index in [1.54, 1.807) is 0 Å². The molecule has 1 heterocycles. The monoisotopic (exact) mass is 273 g/mol. The standard InChI is InChI=1S/C14H18F3NO/c1-13(2)8-18-7-12(19-9-13)10-3-5-11(6-4-10)14(15,16)17/h3-6,12,18H,7-9H2,1-2H3. The second-order valence-electron chi connectivity index (χ2n) is 5.71. The molecule has 1 saturated heterocycles. The molecule has 1 aliphatic heterocycles. The van der Waals surface area contributed by atoms with Crippen LogP contribution in [0.2, 0.25) is 0 Å². The van der Waals surface area contributed by atoms with Gasteiger partial charge in [0, 0.05) is 18.5 Å². The number of alkyl halides is 3. The smallest absolute Gasteiger partial charge is 0.372 e. The van der Waals surface area contributed by atoms with Crippen LogP contribution in [0.4, 0.5) is 13.2 Å². The van der Waals surface area contributed by atoms with E-state index in [0.29, 0.717) is 13.2 Å². The number of hydrogen-bond acceptors (Lipinski definition) is 2. The summed E-state index contributed by atoms with van der Waals surface area (Å²) in [6.07, 6.45) is -4.48. The number of nitrogens with one attached hydrogen (secondary N) is 1. The minimum atomic E-state index is -4.29. The first-order valence-corrected chi connectivity index (χ1v) is 6.27. The number of hydrogen-bond donors (Lipinski definition) is 1. The van der Waals surface area contributed by atoms with E-state index in [4.69, 9.17) is 4.74 Å². The normalized spacial score (nSPS) is 23.9. The third-order valence-corrected chi connectivity index (χ3v) is 3.22. The molecule has 1 aromatic carbocycles. The topological polar surface area (TPSA) is 21.3 Å². The third kappa shape index (κ3) is 3.70. The van der Waals surface area contributed by atoms with E-state index in [1.165, 1.54) is 12.1 Å². The zero-order valence-corrected chi connectivity index (χ0v) is 11.1. The van der Waals surface area contributed by atoms with E-state index in [1.807, 2.05) is 0 Å². The summed E-state index contributed by atoms with van der Waals surface area (Å²) in [5.41, 5.74) is 0.192. The molecule has 0 saturated carbocycles. The van der Waals surface area contributed by atoms with Gasteiger partial charge in [-0.15, -0.1) is 0 Å². The summed E-state index contributed by atoms with van der Waals surface area (Å²) in [7, 11) is 0. The van der Waals surface area contributed by atoms with Gasteiger partial charge in [-0.2, -0.15) is 13.2 Å². The summed E-state index contributed by atoms with van der Waals surface area (Å²) in [6, 6.07) is 5.20. The highest BCUT2D eigenvalue weighted by atomic mass is 19.4. The van der Waals surface area contributed by atoms with E-state index in [9.17, 15) is 13.2 Å². The van der Waals surface area contributed by atoms with Crippen molar-refractivity contribution in [3.05, 3.63) is 35.4 Å². The van der Waals surface area contributed by atoms with Crippen molar-refractivity contribution in [2.45, 2.75) is 26.1 Å². The minimum absolute atomic E-state index is 0.0423. The summed E-state index contributed by atoms with van der Waals surface area (Å²) in [6.45, 7) is 6.23. The lowest BCUT2D eigenvalue weighted by molar-refractivity contribution is -0.137. The number of halogens is 3. The Morgan fingerprint density at radius 1 is 1.21 bits per heavy atom. The van der Waals surface area contributed by atoms with Crippen molar-refractivity contribution < 1.29 is 17.9 Å². The zero-order valence-electron chi connectivity index (χ0n) is 11.1. The molecule has 2 nitrogen and oxygen atoms in total. The highest BCUT2D eigenvalue weighted by molar-refractivity contribution is 5.26. The Morgan fingerprint density at radius 3 is 2.42 bits per heavy atom. The van der Waals surface area contributed by atoms with Gasteiger partial charge in [0.2, 0.25) is 0 Å². The van der Waals surface area contributed by atoms with Gasteiger partial charge in [-0.3, -0.25) is 0 Å². The molecule has 106 valence electrons. The summed E-state index contributed by atoms with van der Waals surface area (Å²) in [5.74, 6) is 0. The lowest BCUT2D eigenvalue weighted by Crippen LogP contribution is -2.29. The van der Waals surface area contributed by atoms with Gasteiger partial charge in [0.1, 0.15) is 0 Å². The van der Waals surface area contributed by atoms with Crippen LogP contribution in [-0.4, -0.2) is 19.7 Å². The molecule has 0 spiro atoms. The number of benzene rings is 1. The maximum Gasteiger partial charge on any atom is 0.416 e. The van der Waals surface area contributed by atoms with Gasteiger partial charge in [0.05, 0.1) is 18.3 Å². The predicted molar refractivity (Wildman–Crippen MR) is 66.8 cm³/mol. The Balaban J connectivity index is 2.10. The summed E-state index contributed by atoms with van der Waals surface area (Å²) < 4.78 is 43.2. The highest BCUT2D eigenvalue weighted by Gasteiger charge is 2.31. The molecule has 0 amide bonds. The molecule has 1 fully saturated rings. The molecule has 0 radical (unpaired) electrons. The lowest BCUT2D eigenvalue weighted by Gasteiger charge is -2.21. The summed E-state index contributed by atoms with van der Waals surface area (Å²) in [4.78, 5) is 0. The fraction of sp³-hybridized carbons (Fsp3) is 0.571. The second-order valence-corrected chi connectivity index (χ2v) is 5.71. The third-order valence-electron chi connectivity index (χ3n) is 3.22. The Morgan fingerprint density at radius 2 is 1.84 bits per heavy atom. The van der Waals surface area contributed by atoms with Crippen molar-refractivity contribution in [1.29, 1.82) is 0 Å². The summed E-state index contributed by atoms with van der Waals surface area (Å²) in [5, 5.41) is 3.28. The predicted octanol–water partition coefficient (Wildman–Crippen LogP) is 3.39. The van der Waals surface area contributed by atoms with Gasteiger partial charge in [0.25, 0.3) is 0 Å². The van der Waals surface area contributed by atoms with Crippen molar-refractivity contribution in [3.63, 3.8) is 0 Å². The maximum atomic E-state index is 12.5. The van der Waals surface area contributed by atoms with Crippen molar-refractivity contribution in [2.75, 3.05) is 19.7 Å². The lowest BCUT2D eigenvalue weighted by atomic mass is 9.95. The fourth-order valence-electron chi connectivity index (χ4n) is 2.08. The Bertz CT molecular complexity index is 425. The molecule has 0 bridgehead atoms. The van der Waals surface area contributed by atoms with Gasteiger partial charge in [-0.05, 0) is 17.7 Å². The molecule has 0 aromatic heterocycles. The molecular formula is C14H18F3NO. The second kappa shape index (κ2) is 5.13. The van der Waals surface area contributed by atoms with E-state index in [2.05, 4.69) is 19.2 Å². The molecule has 1 unspecified atom stereocenters. The largest absolute Gasteiger partial charge is 0.416 e. The zero-order chi connectivity index (χ0) is 14.1. The maximum absolute atomic E-state index is 12.5. The van der Waals surface area contributed by atoms with Crippen molar-refractivity contribution in [2.24, 2.45) is 5.41 Å². The molecule has 1 aromatic rings. The van der Waals surface area contributed by atoms with Crippen LogP contribution in [0.15, 0.2) is 24.3 Å². The fourth-order valence-corrected chi connectivity index (χ4v) is 2.08. The van der Waals surface area contributed by atoms with Crippen molar-refractivity contribution in [3.8, 4) is 0 Å². The summed E-state index contributed by atoms with van der Waals surface area (Å²) >= 11 is 0. The Labute approximate surface area is 111 Å². The Hall–Kier alpha value is -1.07. The average molecular weight is 273 g/mol. The van der Waals surface area contributed by atoms with Gasteiger partial charge in [-0.25, -0.2) is 0 Å². The first-order valence-electron chi connectivity index (χ1n) is 6.27. The van der Waals surface area contributed by atoms with Crippen LogP contribution in [0.3, 0.4) is 0 Å². The van der Waals surface area contributed by atoms with E-state index in [-0.39, 0.29) is 11.5 Å². The van der Waals surface area contributed by atoms with E-state index in [0.717, 1.165) is 24.2 Å². The van der Waals surface area contributed by atoms with Gasteiger partial charge < -0.3 is 10.1 Å². The molecule has 0 aliphatic carbocycles. The number of rotatable bonds is 1. The molecule has 5 heteroatoms. The van der Waals surface area contributed by atoms with E-state index < -0.39 is 11.7 Å². The minimum Gasteiger partial charge on any atom is -0.372 e. The van der Waals surface area contributed by atoms with Crippen LogP contribution in [0.5, 0.6) is 0 Å². The molecule has 2 rings (SSSR count). The van der Waals surface area contributed by atoms with Crippen molar-refractivity contribution >= 4 is 0 Å². The molecule has 1 N–H and O–H groups in total. The van der Waals surface area contributed by atoms with Crippen LogP contribution in [0, 0.1) is 5.41 Å². The average Bonchev–Trinajstić information content (AvgIpc) is 2.49. The van der Waals surface area contributed by atoms with Gasteiger partial charge in [-0.1, -0.05) is 26.0 Å². The molecule has 1 atom stereocenters. The van der Waals surface area contributed by atoms with Crippen LogP contribution < -0.4 is 5.32 Å². The first-order chi connectivity index (χ1) is 8.78. The Kier molecular flexibility index (Phi) is 3.87. The van der Waals surface area contributed by atoms with E-state index >= 15 is 0 Å². The van der Waals surface area contributed by atoms with Crippen LogP contribution >= 0.6 is 0 Å². The number of ether oxygens (including phenoxy) is 1. The van der Waals surface area contributed by atoms with Crippen molar-refractivity contribution in [1.82, 2.24) is 5.32 Å².